The first kappa shape index (κ1) is 14.3. The van der Waals surface area contributed by atoms with Crippen LogP contribution in [0, 0.1) is 0 Å². The summed E-state index contributed by atoms with van der Waals surface area (Å²) >= 11 is 0. The normalized spacial score (nSPS) is 12.5. The van der Waals surface area contributed by atoms with Gasteiger partial charge in [-0.15, -0.1) is 0 Å². The van der Waals surface area contributed by atoms with E-state index in [-0.39, 0.29) is 5.75 Å². The average Bonchev–Trinajstić information content (AvgIpc) is 2.01. The van der Waals surface area contributed by atoms with E-state index in [1.807, 2.05) is 14.1 Å². The van der Waals surface area contributed by atoms with Crippen molar-refractivity contribution in [2.75, 3.05) is 39.5 Å². The van der Waals surface area contributed by atoms with Gasteiger partial charge in [0.2, 0.25) is 0 Å². The van der Waals surface area contributed by atoms with Crippen LogP contribution >= 0.6 is 0 Å². The van der Waals surface area contributed by atoms with Crippen LogP contribution in [0.15, 0.2) is 0 Å². The molecule has 0 bridgehead atoms. The van der Waals surface area contributed by atoms with Crippen molar-refractivity contribution in [3.63, 3.8) is 0 Å². The first-order chi connectivity index (χ1) is 6.77. The molecule has 0 amide bonds. The van der Waals surface area contributed by atoms with E-state index < -0.39 is 10.1 Å². The highest BCUT2D eigenvalue weighted by Crippen LogP contribution is 2.00. The van der Waals surface area contributed by atoms with Crippen molar-refractivity contribution in [1.82, 2.24) is 0 Å². The number of carbonyl (C=O) groups excluding carboxylic acids is 1. The Balaban J connectivity index is 3.78. The molecule has 0 unspecified atom stereocenters. The third-order valence-electron chi connectivity index (χ3n) is 2.05. The number of hydrogen-bond donors (Lipinski definition) is 1. The van der Waals surface area contributed by atoms with Crippen molar-refractivity contribution in [2.45, 2.75) is 6.42 Å². The molecule has 0 radical (unpaired) electrons. The van der Waals surface area contributed by atoms with Crippen molar-refractivity contribution in [3.05, 3.63) is 0 Å². The highest BCUT2D eigenvalue weighted by atomic mass is 32.2. The quantitative estimate of drug-likeness (QED) is 0.268. The number of hydrogen-bond acceptors (Lipinski definition) is 4. The lowest BCUT2D eigenvalue weighted by Gasteiger charge is -2.29. The van der Waals surface area contributed by atoms with Crippen LogP contribution in [0.3, 0.4) is 0 Å². The van der Waals surface area contributed by atoms with Crippen LogP contribution in [0.5, 0.6) is 0 Å². The molecule has 7 heteroatoms. The van der Waals surface area contributed by atoms with Crippen LogP contribution in [0.4, 0.5) is 0 Å². The van der Waals surface area contributed by atoms with Gasteiger partial charge < -0.3 is 9.22 Å². The maximum atomic E-state index is 10.5. The smallest absolute Gasteiger partial charge is 0.293 e. The molecule has 0 aliphatic heterocycles. The van der Waals surface area contributed by atoms with Crippen LogP contribution < -0.4 is 0 Å². The van der Waals surface area contributed by atoms with Gasteiger partial charge >= 0.3 is 0 Å². The Kier molecular flexibility index (Phi) is 5.77. The zero-order valence-electron chi connectivity index (χ0n) is 9.05. The fourth-order valence-corrected chi connectivity index (χ4v) is 1.63. The maximum Gasteiger partial charge on any atom is 0.293 e. The number of likely N-dealkylation sites (N-methyl/N-ethyl adjacent to an activating group) is 1. The Morgan fingerprint density at radius 1 is 1.33 bits per heavy atom. The molecule has 0 fully saturated rings. The van der Waals surface area contributed by atoms with Crippen molar-refractivity contribution in [3.8, 4) is 0 Å². The van der Waals surface area contributed by atoms with Gasteiger partial charge in [0.1, 0.15) is 13.2 Å². The predicted molar refractivity (Wildman–Crippen MR) is 54.9 cm³/mol. The van der Waals surface area contributed by atoms with E-state index in [0.717, 1.165) is 0 Å². The highest BCUT2D eigenvalue weighted by Gasteiger charge is 2.16. The molecule has 0 aliphatic rings. The minimum Gasteiger partial charge on any atom is -0.462 e. The van der Waals surface area contributed by atoms with Gasteiger partial charge in [0.15, 0.2) is 0 Å². The molecule has 0 aromatic carbocycles. The summed E-state index contributed by atoms with van der Waals surface area (Å²) in [5.41, 5.74) is 0. The first-order valence-corrected chi connectivity index (χ1v) is 6.20. The average molecular weight is 240 g/mol. The van der Waals surface area contributed by atoms with Crippen LogP contribution in [0.25, 0.3) is 0 Å². The summed E-state index contributed by atoms with van der Waals surface area (Å²) in [7, 11) is -0.0672. The second-order valence-electron chi connectivity index (χ2n) is 3.99. The molecule has 0 saturated heterocycles. The Labute approximate surface area is 90.2 Å². The number of ether oxygens (including phenoxy) is 1. The van der Waals surface area contributed by atoms with E-state index in [4.69, 9.17) is 4.55 Å². The summed E-state index contributed by atoms with van der Waals surface area (Å²) in [5, 5.41) is 0. The molecule has 1 N–H and O–H groups in total. The summed E-state index contributed by atoms with van der Waals surface area (Å²) < 4.78 is 34.5. The van der Waals surface area contributed by atoms with Crippen molar-refractivity contribution < 1.29 is 27.0 Å². The van der Waals surface area contributed by atoms with Gasteiger partial charge in [-0.2, -0.15) is 8.42 Å². The summed E-state index contributed by atoms with van der Waals surface area (Å²) in [6.45, 7) is 1.91. The fourth-order valence-electron chi connectivity index (χ4n) is 1.13. The number of quaternary nitrogens is 1. The van der Waals surface area contributed by atoms with Gasteiger partial charge in [0.25, 0.3) is 16.6 Å². The number of carbonyl (C=O) groups is 1. The Hall–Kier alpha value is -0.660. The molecular formula is C8H18NO5S+. The van der Waals surface area contributed by atoms with Crippen LogP contribution in [-0.2, 0) is 19.6 Å². The van der Waals surface area contributed by atoms with E-state index in [1.54, 1.807) is 0 Å². The molecule has 0 atom stereocenters. The Morgan fingerprint density at radius 3 is 2.40 bits per heavy atom. The maximum absolute atomic E-state index is 10.5. The zero-order valence-corrected chi connectivity index (χ0v) is 9.87. The topological polar surface area (TPSA) is 80.7 Å². The lowest BCUT2D eigenvalue weighted by molar-refractivity contribution is -0.890. The van der Waals surface area contributed by atoms with Crippen LogP contribution in [0.1, 0.15) is 6.42 Å². The Bertz CT molecular complexity index is 285. The van der Waals surface area contributed by atoms with Gasteiger partial charge in [0, 0.05) is 6.42 Å². The zero-order chi connectivity index (χ0) is 11.9. The molecule has 0 spiro atoms. The molecule has 90 valence electrons. The summed E-state index contributed by atoms with van der Waals surface area (Å²) in [4.78, 5) is 9.89. The first-order valence-electron chi connectivity index (χ1n) is 4.59. The second kappa shape index (κ2) is 6.04. The summed E-state index contributed by atoms with van der Waals surface area (Å²) in [5.74, 6) is -0.233. The minimum atomic E-state index is -3.87. The van der Waals surface area contributed by atoms with Gasteiger partial charge in [-0.1, -0.05) is 0 Å². The van der Waals surface area contributed by atoms with Gasteiger partial charge in [0.05, 0.1) is 26.4 Å². The monoisotopic (exact) mass is 240 g/mol. The molecule has 15 heavy (non-hydrogen) atoms. The number of rotatable bonds is 8. The van der Waals surface area contributed by atoms with Gasteiger partial charge in [-0.25, -0.2) is 0 Å². The van der Waals surface area contributed by atoms with E-state index in [0.29, 0.717) is 37.1 Å². The van der Waals surface area contributed by atoms with Crippen LogP contribution in [0.2, 0.25) is 0 Å². The molecule has 0 aliphatic carbocycles. The van der Waals surface area contributed by atoms with Gasteiger partial charge in [-0.3, -0.25) is 9.35 Å². The molecular weight excluding hydrogens is 222 g/mol. The largest absolute Gasteiger partial charge is 0.462 e. The van der Waals surface area contributed by atoms with Crippen molar-refractivity contribution in [2.24, 2.45) is 0 Å². The van der Waals surface area contributed by atoms with E-state index in [2.05, 4.69) is 4.74 Å². The lowest BCUT2D eigenvalue weighted by atomic mass is 10.4. The van der Waals surface area contributed by atoms with Gasteiger partial charge in [-0.05, 0) is 0 Å². The second-order valence-corrected chi connectivity index (χ2v) is 5.56. The Morgan fingerprint density at radius 2 is 1.93 bits per heavy atom. The molecule has 0 aromatic rings. The summed E-state index contributed by atoms with van der Waals surface area (Å²) in [6, 6.07) is 0. The molecule has 0 aromatic heterocycles. The lowest BCUT2D eigenvalue weighted by Crippen LogP contribution is -2.43. The highest BCUT2D eigenvalue weighted by molar-refractivity contribution is 7.85. The van der Waals surface area contributed by atoms with E-state index in [1.165, 1.54) is 0 Å². The van der Waals surface area contributed by atoms with Crippen molar-refractivity contribution >= 4 is 16.6 Å². The summed E-state index contributed by atoms with van der Waals surface area (Å²) in [6.07, 6.45) is 0.382. The van der Waals surface area contributed by atoms with E-state index in [9.17, 15) is 13.2 Å². The van der Waals surface area contributed by atoms with E-state index >= 15 is 0 Å². The molecule has 0 rings (SSSR count). The molecule has 0 saturated carbocycles. The fraction of sp³-hybridized carbons (Fsp3) is 0.875. The van der Waals surface area contributed by atoms with Crippen LogP contribution in [-0.4, -0.2) is 63.5 Å². The predicted octanol–water partition coefficient (Wildman–Crippen LogP) is -0.486. The molecule has 6 nitrogen and oxygen atoms in total. The third-order valence-corrected chi connectivity index (χ3v) is 2.85. The van der Waals surface area contributed by atoms with Crippen molar-refractivity contribution in [1.29, 1.82) is 0 Å². The number of nitrogens with zero attached hydrogens (tertiary/aromatic N) is 1. The molecule has 0 heterocycles. The SMILES string of the molecule is C[N+](C)(CCCS(=O)(=O)O)CCOC=O. The minimum absolute atomic E-state index is 0.233. The third kappa shape index (κ3) is 9.64. The standard InChI is InChI=1S/C8H17NO5S/c1-9(2,5-6-14-8-10)4-3-7-15(11,12)13/h8H,3-7H2,1-2H3/p+1.